The number of carbonyl (C=O) groups is 3. The number of hydrogen-bond donors (Lipinski definition) is 1. The number of non-ortho nitro benzene ring substituents is 1. The smallest absolute Gasteiger partial charge is 0.269 e. The van der Waals surface area contributed by atoms with E-state index in [4.69, 9.17) is 0 Å². The molecule has 0 aliphatic heterocycles. The third kappa shape index (κ3) is 3.40. The molecule has 3 aromatic carbocycles. The Kier molecular flexibility index (Phi) is 4.77. The maximum absolute atomic E-state index is 12.9. The highest BCUT2D eigenvalue weighted by atomic mass is 16.6. The average Bonchev–Trinajstić information content (AvgIpc) is 2.76. The molecule has 0 saturated heterocycles. The normalized spacial score (nSPS) is 12.4. The van der Waals surface area contributed by atoms with Crippen LogP contribution in [-0.2, 0) is 4.79 Å². The summed E-state index contributed by atoms with van der Waals surface area (Å²) in [4.78, 5) is 48.3. The predicted octanol–water partition coefficient (Wildman–Crippen LogP) is 4.02. The second-order valence-corrected chi connectivity index (χ2v) is 6.60. The zero-order valence-corrected chi connectivity index (χ0v) is 15.5. The summed E-state index contributed by atoms with van der Waals surface area (Å²) < 4.78 is 0. The molecule has 0 aromatic heterocycles. The molecule has 0 fully saturated rings. The van der Waals surface area contributed by atoms with Gasteiger partial charge in [-0.1, -0.05) is 36.4 Å². The number of ketones is 2. The maximum Gasteiger partial charge on any atom is 0.269 e. The number of amides is 1. The van der Waals surface area contributed by atoms with Crippen LogP contribution in [0.15, 0.2) is 72.8 Å². The SMILES string of the molecule is O=C(C=Cc1ccc([N+](=O)[O-])cc1)Nc1cccc2c1C(=O)c1ccccc1C2=O. The zero-order chi connectivity index (χ0) is 21.3. The summed E-state index contributed by atoms with van der Waals surface area (Å²) >= 11 is 0. The van der Waals surface area contributed by atoms with E-state index < -0.39 is 10.8 Å². The van der Waals surface area contributed by atoms with Gasteiger partial charge in [0.05, 0.1) is 16.2 Å². The lowest BCUT2D eigenvalue weighted by Crippen LogP contribution is -2.23. The number of carbonyl (C=O) groups excluding carboxylic acids is 3. The van der Waals surface area contributed by atoms with Crippen molar-refractivity contribution >= 4 is 34.9 Å². The number of hydrogen-bond acceptors (Lipinski definition) is 5. The van der Waals surface area contributed by atoms with Gasteiger partial charge in [-0.2, -0.15) is 0 Å². The van der Waals surface area contributed by atoms with Crippen molar-refractivity contribution in [2.24, 2.45) is 0 Å². The van der Waals surface area contributed by atoms with Crippen LogP contribution >= 0.6 is 0 Å². The highest BCUT2D eigenvalue weighted by Crippen LogP contribution is 2.31. The van der Waals surface area contributed by atoms with Gasteiger partial charge in [0.2, 0.25) is 5.91 Å². The Morgan fingerprint density at radius 3 is 2.13 bits per heavy atom. The van der Waals surface area contributed by atoms with Crippen molar-refractivity contribution in [3.63, 3.8) is 0 Å². The Morgan fingerprint density at radius 1 is 0.833 bits per heavy atom. The number of fused-ring (bicyclic) bond motifs is 2. The molecule has 0 heterocycles. The number of nitro groups is 1. The minimum atomic E-state index is -0.505. The Balaban J connectivity index is 1.59. The van der Waals surface area contributed by atoms with E-state index in [-0.39, 0.29) is 34.1 Å². The third-order valence-corrected chi connectivity index (χ3v) is 4.74. The van der Waals surface area contributed by atoms with Gasteiger partial charge in [0, 0.05) is 34.9 Å². The first kappa shape index (κ1) is 18.9. The van der Waals surface area contributed by atoms with Crippen LogP contribution < -0.4 is 5.32 Å². The molecule has 1 aliphatic carbocycles. The lowest BCUT2D eigenvalue weighted by Gasteiger charge is -2.20. The van der Waals surface area contributed by atoms with Crippen LogP contribution in [0.25, 0.3) is 6.08 Å². The molecule has 3 aromatic rings. The molecule has 7 nitrogen and oxygen atoms in total. The molecule has 0 radical (unpaired) electrons. The van der Waals surface area contributed by atoms with Gasteiger partial charge in [0.15, 0.2) is 11.6 Å². The highest BCUT2D eigenvalue weighted by molar-refractivity contribution is 6.30. The van der Waals surface area contributed by atoms with E-state index in [1.165, 1.54) is 36.4 Å². The fourth-order valence-corrected chi connectivity index (χ4v) is 3.30. The van der Waals surface area contributed by atoms with Crippen molar-refractivity contribution in [3.8, 4) is 0 Å². The Bertz CT molecular complexity index is 1240. The zero-order valence-electron chi connectivity index (χ0n) is 15.5. The molecule has 1 aliphatic rings. The van der Waals surface area contributed by atoms with Crippen molar-refractivity contribution in [2.45, 2.75) is 0 Å². The van der Waals surface area contributed by atoms with Crippen LogP contribution in [0, 0.1) is 10.1 Å². The minimum Gasteiger partial charge on any atom is -0.322 e. The molecular weight excluding hydrogens is 384 g/mol. The number of nitro benzene ring substituents is 1. The highest BCUT2D eigenvalue weighted by Gasteiger charge is 2.31. The van der Waals surface area contributed by atoms with Crippen molar-refractivity contribution in [2.75, 3.05) is 5.32 Å². The number of nitrogens with one attached hydrogen (secondary N) is 1. The first-order valence-electron chi connectivity index (χ1n) is 9.00. The Labute approximate surface area is 170 Å². The number of benzene rings is 3. The lowest BCUT2D eigenvalue weighted by molar-refractivity contribution is -0.384. The molecule has 30 heavy (non-hydrogen) atoms. The fourth-order valence-electron chi connectivity index (χ4n) is 3.30. The molecule has 0 atom stereocenters. The van der Waals surface area contributed by atoms with E-state index in [9.17, 15) is 24.5 Å². The summed E-state index contributed by atoms with van der Waals surface area (Å²) in [6.07, 6.45) is 2.75. The van der Waals surface area contributed by atoms with Gasteiger partial charge in [-0.3, -0.25) is 24.5 Å². The van der Waals surface area contributed by atoms with E-state index in [2.05, 4.69) is 5.32 Å². The molecule has 146 valence electrons. The van der Waals surface area contributed by atoms with E-state index >= 15 is 0 Å². The summed E-state index contributed by atoms with van der Waals surface area (Å²) in [7, 11) is 0. The molecule has 0 spiro atoms. The van der Waals surface area contributed by atoms with Gasteiger partial charge >= 0.3 is 0 Å². The van der Waals surface area contributed by atoms with Crippen molar-refractivity contribution in [1.29, 1.82) is 0 Å². The molecule has 4 rings (SSSR count). The fraction of sp³-hybridized carbons (Fsp3) is 0. The number of rotatable bonds is 4. The van der Waals surface area contributed by atoms with Crippen molar-refractivity contribution in [3.05, 3.63) is 111 Å². The van der Waals surface area contributed by atoms with Gasteiger partial charge < -0.3 is 5.32 Å². The monoisotopic (exact) mass is 398 g/mol. The first-order chi connectivity index (χ1) is 14.5. The number of anilines is 1. The average molecular weight is 398 g/mol. The third-order valence-electron chi connectivity index (χ3n) is 4.74. The standard InChI is InChI=1S/C23H14N2O5/c26-20(13-10-14-8-11-15(12-9-14)25(29)30)24-19-7-3-6-18-21(19)23(28)17-5-2-1-4-16(17)22(18)27/h1-13H,(H,24,26). The quantitative estimate of drug-likeness (QED) is 0.317. The van der Waals surface area contributed by atoms with E-state index in [1.54, 1.807) is 42.5 Å². The van der Waals surface area contributed by atoms with E-state index in [1.807, 2.05) is 0 Å². The Morgan fingerprint density at radius 2 is 1.47 bits per heavy atom. The largest absolute Gasteiger partial charge is 0.322 e. The maximum atomic E-state index is 12.9. The molecule has 1 N–H and O–H groups in total. The van der Waals surface area contributed by atoms with Gasteiger partial charge in [-0.25, -0.2) is 0 Å². The topological polar surface area (TPSA) is 106 Å². The van der Waals surface area contributed by atoms with Gasteiger partial charge in [-0.05, 0) is 29.8 Å². The summed E-state index contributed by atoms with van der Waals surface area (Å²) in [5.74, 6) is -1.09. The van der Waals surface area contributed by atoms with Crippen molar-refractivity contribution < 1.29 is 19.3 Å². The number of nitrogens with zero attached hydrogens (tertiary/aromatic N) is 1. The van der Waals surface area contributed by atoms with Gasteiger partial charge in [0.1, 0.15) is 0 Å². The molecule has 0 bridgehead atoms. The minimum absolute atomic E-state index is 0.0454. The van der Waals surface area contributed by atoms with Gasteiger partial charge in [0.25, 0.3) is 5.69 Å². The lowest BCUT2D eigenvalue weighted by atomic mass is 9.83. The molecule has 0 saturated carbocycles. The van der Waals surface area contributed by atoms with E-state index in [0.29, 0.717) is 16.7 Å². The van der Waals surface area contributed by atoms with Crippen LogP contribution in [0.4, 0.5) is 11.4 Å². The molecule has 1 amide bonds. The second-order valence-electron chi connectivity index (χ2n) is 6.60. The Hall–Kier alpha value is -4.39. The van der Waals surface area contributed by atoms with Crippen LogP contribution in [-0.4, -0.2) is 22.4 Å². The summed E-state index contributed by atoms with van der Waals surface area (Å²) in [5.41, 5.74) is 1.87. The first-order valence-corrected chi connectivity index (χ1v) is 9.00. The summed E-state index contributed by atoms with van der Waals surface area (Å²) in [5, 5.41) is 13.3. The van der Waals surface area contributed by atoms with Crippen LogP contribution in [0.5, 0.6) is 0 Å². The van der Waals surface area contributed by atoms with Gasteiger partial charge in [-0.15, -0.1) is 0 Å². The van der Waals surface area contributed by atoms with E-state index in [0.717, 1.165) is 0 Å². The summed E-state index contributed by atoms with van der Waals surface area (Å²) in [6, 6.07) is 17.0. The predicted molar refractivity (Wildman–Crippen MR) is 111 cm³/mol. The summed E-state index contributed by atoms with van der Waals surface area (Å²) in [6.45, 7) is 0. The van der Waals surface area contributed by atoms with Crippen LogP contribution in [0.3, 0.4) is 0 Å². The molecule has 0 unspecified atom stereocenters. The van der Waals surface area contributed by atoms with Crippen LogP contribution in [0.2, 0.25) is 0 Å². The van der Waals surface area contributed by atoms with Crippen LogP contribution in [0.1, 0.15) is 37.4 Å². The molecular formula is C23H14N2O5. The molecule has 7 heteroatoms. The second kappa shape index (κ2) is 7.56. The van der Waals surface area contributed by atoms with Crippen molar-refractivity contribution in [1.82, 2.24) is 0 Å².